The molecule has 0 aliphatic carbocycles. The molecular weight excluding hydrogens is 475 g/mol. The second-order valence-electron chi connectivity index (χ2n) is 5.94. The van der Waals surface area contributed by atoms with Gasteiger partial charge in [-0.2, -0.15) is 12.1 Å². The predicted octanol–water partition coefficient (Wildman–Crippen LogP) is 4.99. The van der Waals surface area contributed by atoms with Crippen molar-refractivity contribution in [1.29, 1.82) is 0 Å². The Labute approximate surface area is 199 Å². The Balaban J connectivity index is 0. The van der Waals surface area contributed by atoms with Gasteiger partial charge in [0.15, 0.2) is 0 Å². The molecule has 0 spiro atoms. The molecule has 6 nitrogen and oxygen atoms in total. The Morgan fingerprint density at radius 2 is 1.39 bits per heavy atom. The molecule has 0 saturated carbocycles. The van der Waals surface area contributed by atoms with Gasteiger partial charge in [0.25, 0.3) is 0 Å². The average molecular weight is 506 g/mol. The number of benzene rings is 1. The summed E-state index contributed by atoms with van der Waals surface area (Å²) in [6.07, 6.45) is 5.54. The van der Waals surface area contributed by atoms with Crippen molar-refractivity contribution in [3.8, 4) is 17.1 Å². The zero-order valence-corrected chi connectivity index (χ0v) is 20.4. The number of nitrogens with zero attached hydrogens (tertiary/aromatic N) is 5. The molecule has 1 aromatic carbocycles. The van der Waals surface area contributed by atoms with Crippen LogP contribution in [-0.2, 0) is 26.0 Å². The molecular formula is C24H30N5ORu+. The summed E-state index contributed by atoms with van der Waals surface area (Å²) in [6.45, 7) is 4.03. The second-order valence-corrected chi connectivity index (χ2v) is 5.94. The Bertz CT molecular complexity index is 754. The number of pyridine rings is 2. The summed E-state index contributed by atoms with van der Waals surface area (Å²) in [5.41, 5.74) is 3.01. The van der Waals surface area contributed by atoms with E-state index in [0.717, 1.165) is 36.1 Å². The molecule has 0 amide bonds. The van der Waals surface area contributed by atoms with Crippen LogP contribution in [-0.4, -0.2) is 48.5 Å². The van der Waals surface area contributed by atoms with Gasteiger partial charge in [0.05, 0.1) is 18.5 Å². The molecule has 2 aromatic heterocycles. The Morgan fingerprint density at radius 1 is 0.903 bits per heavy atom. The van der Waals surface area contributed by atoms with Crippen LogP contribution in [0.15, 0.2) is 67.0 Å². The van der Waals surface area contributed by atoms with Crippen LogP contribution >= 0.6 is 0 Å². The predicted molar refractivity (Wildman–Crippen MR) is 127 cm³/mol. The summed E-state index contributed by atoms with van der Waals surface area (Å²) in [5, 5.41) is 14.9. The quantitative estimate of drug-likeness (QED) is 0.284. The fourth-order valence-electron chi connectivity index (χ4n) is 2.04. The SMILES string of the molecule is CC=[N-].CC=[N-].COc1c[c-]c(CN(C)C)cc1.[Ru+4].c1ccc(-c2ccccn2)nc1. The van der Waals surface area contributed by atoms with E-state index in [1.54, 1.807) is 33.4 Å². The van der Waals surface area contributed by atoms with E-state index in [0.29, 0.717) is 0 Å². The van der Waals surface area contributed by atoms with Crippen molar-refractivity contribution in [2.45, 2.75) is 20.4 Å². The van der Waals surface area contributed by atoms with Crippen LogP contribution in [0.2, 0.25) is 0 Å². The molecule has 0 N–H and O–H groups in total. The van der Waals surface area contributed by atoms with E-state index in [-0.39, 0.29) is 19.5 Å². The summed E-state index contributed by atoms with van der Waals surface area (Å²) in [6, 6.07) is 20.6. The van der Waals surface area contributed by atoms with E-state index >= 15 is 0 Å². The topological polar surface area (TPSA) is 82.9 Å². The maximum atomic E-state index is 7.44. The zero-order valence-electron chi connectivity index (χ0n) is 18.7. The van der Waals surface area contributed by atoms with Gasteiger partial charge < -0.3 is 20.5 Å². The Morgan fingerprint density at radius 3 is 1.68 bits per heavy atom. The molecule has 0 unspecified atom stereocenters. The van der Waals surface area contributed by atoms with Crippen molar-refractivity contribution in [3.63, 3.8) is 0 Å². The first-order chi connectivity index (χ1) is 14.5. The number of ether oxygens (including phenoxy) is 1. The normalized spacial score (nSPS) is 8.58. The van der Waals surface area contributed by atoms with Gasteiger partial charge >= 0.3 is 19.5 Å². The maximum absolute atomic E-state index is 7.44. The third kappa shape index (κ3) is 15.7. The van der Waals surface area contributed by atoms with Crippen molar-refractivity contribution in [2.24, 2.45) is 0 Å². The first-order valence-corrected chi connectivity index (χ1v) is 9.38. The third-order valence-electron chi connectivity index (χ3n) is 3.16. The molecule has 3 aromatic rings. The van der Waals surface area contributed by atoms with Crippen molar-refractivity contribution < 1.29 is 24.2 Å². The Hall–Kier alpha value is -2.76. The number of methoxy groups -OCH3 is 1. The molecule has 2 heterocycles. The van der Waals surface area contributed by atoms with Gasteiger partial charge in [-0.15, -0.1) is 17.7 Å². The van der Waals surface area contributed by atoms with Crippen LogP contribution in [0.3, 0.4) is 0 Å². The molecule has 3 rings (SSSR count). The van der Waals surface area contributed by atoms with Crippen molar-refractivity contribution in [2.75, 3.05) is 21.2 Å². The number of aromatic nitrogens is 2. The molecule has 7 heteroatoms. The maximum Gasteiger partial charge on any atom is 4.00 e. The van der Waals surface area contributed by atoms with Crippen LogP contribution in [0, 0.1) is 6.07 Å². The second kappa shape index (κ2) is 20.5. The fourth-order valence-corrected chi connectivity index (χ4v) is 2.04. The van der Waals surface area contributed by atoms with Crippen molar-refractivity contribution >= 4 is 12.4 Å². The van der Waals surface area contributed by atoms with Gasteiger partial charge in [0.1, 0.15) is 0 Å². The van der Waals surface area contributed by atoms with Gasteiger partial charge in [0, 0.05) is 24.7 Å². The summed E-state index contributed by atoms with van der Waals surface area (Å²) in [5.74, 6) is 0.859. The zero-order chi connectivity index (χ0) is 22.6. The minimum atomic E-state index is 0. The first-order valence-electron chi connectivity index (χ1n) is 9.38. The van der Waals surface area contributed by atoms with E-state index in [9.17, 15) is 0 Å². The molecule has 31 heavy (non-hydrogen) atoms. The number of hydrogen-bond donors (Lipinski definition) is 0. The standard InChI is InChI=1S/C10H8N2.C10H14NO.2C2H4N.Ru/c1-3-7-11-9(5-1)10-6-2-4-8-12-10;1-11(2)8-9-4-6-10(12-3)7-5-9;2*1-2-3;/h1-8H;4,6-7H,8H2,1-3H3;2*2H,1H3;/q;3*-1;+4. The van der Waals surface area contributed by atoms with Gasteiger partial charge in [-0.1, -0.05) is 26.0 Å². The van der Waals surface area contributed by atoms with Crippen LogP contribution in [0.25, 0.3) is 22.2 Å². The summed E-state index contributed by atoms with van der Waals surface area (Å²) in [7, 11) is 5.74. The monoisotopic (exact) mass is 506 g/mol. The van der Waals surface area contributed by atoms with Crippen LogP contribution in [0.1, 0.15) is 19.4 Å². The minimum absolute atomic E-state index is 0. The summed E-state index contributed by atoms with van der Waals surface area (Å²) < 4.78 is 5.03. The smallest absolute Gasteiger partial charge is 0.814 e. The van der Waals surface area contributed by atoms with E-state index < -0.39 is 0 Å². The van der Waals surface area contributed by atoms with E-state index in [2.05, 4.69) is 20.9 Å². The van der Waals surface area contributed by atoms with Gasteiger partial charge in [-0.05, 0) is 38.4 Å². The van der Waals surface area contributed by atoms with Gasteiger partial charge in [-0.3, -0.25) is 9.97 Å². The summed E-state index contributed by atoms with van der Waals surface area (Å²) in [4.78, 5) is 10.5. The molecule has 0 aliphatic heterocycles. The van der Waals surface area contributed by atoms with Gasteiger partial charge in [0.2, 0.25) is 0 Å². The first kappa shape index (κ1) is 30.4. The molecule has 164 valence electrons. The largest absolute Gasteiger partial charge is 4.00 e. The van der Waals surface area contributed by atoms with Crippen molar-refractivity contribution in [3.05, 3.63) is 89.4 Å². The molecule has 0 fully saturated rings. The van der Waals surface area contributed by atoms with Crippen LogP contribution in [0.4, 0.5) is 0 Å². The third-order valence-corrected chi connectivity index (χ3v) is 3.16. The Kier molecular flexibility index (Phi) is 20.1. The van der Waals surface area contributed by atoms with E-state index in [4.69, 9.17) is 15.6 Å². The molecule has 0 saturated heterocycles. The molecule has 0 bridgehead atoms. The minimum Gasteiger partial charge on any atom is -0.814 e. The molecule has 0 atom stereocenters. The van der Waals surface area contributed by atoms with Crippen molar-refractivity contribution in [1.82, 2.24) is 14.9 Å². The fraction of sp³-hybridized carbons (Fsp3) is 0.250. The van der Waals surface area contributed by atoms with Crippen LogP contribution < -0.4 is 4.74 Å². The summed E-state index contributed by atoms with van der Waals surface area (Å²) >= 11 is 0. The van der Waals surface area contributed by atoms with E-state index in [1.807, 2.05) is 68.7 Å². The average Bonchev–Trinajstić information content (AvgIpc) is 2.77. The van der Waals surface area contributed by atoms with E-state index in [1.165, 1.54) is 5.56 Å². The molecule has 0 radical (unpaired) electrons. The number of rotatable bonds is 4. The number of hydrogen-bond acceptors (Lipinski definition) is 4. The molecule has 0 aliphatic rings. The van der Waals surface area contributed by atoms with Gasteiger partial charge in [-0.25, -0.2) is 12.4 Å². The van der Waals surface area contributed by atoms with Crippen LogP contribution in [0.5, 0.6) is 5.75 Å².